The monoisotopic (exact) mass is 476 g/mol. The number of hydrogen-bond acceptors (Lipinski definition) is 7. The molecule has 5 rings (SSSR count). The van der Waals surface area contributed by atoms with E-state index in [0.29, 0.717) is 24.8 Å². The van der Waals surface area contributed by atoms with E-state index in [1.165, 1.54) is 5.56 Å². The number of piperidine rings is 1. The molecule has 1 aliphatic heterocycles. The second-order valence-corrected chi connectivity index (χ2v) is 9.62. The van der Waals surface area contributed by atoms with Gasteiger partial charge in [0.25, 0.3) is 0 Å². The van der Waals surface area contributed by atoms with Crippen LogP contribution in [0.15, 0.2) is 58.7 Å². The first-order chi connectivity index (χ1) is 16.6. The van der Waals surface area contributed by atoms with Gasteiger partial charge in [-0.15, -0.1) is 11.3 Å². The van der Waals surface area contributed by atoms with Crippen LogP contribution >= 0.6 is 11.3 Å². The lowest BCUT2D eigenvalue weighted by molar-refractivity contribution is -0.126. The second kappa shape index (κ2) is 10.3. The summed E-state index contributed by atoms with van der Waals surface area (Å²) in [6.07, 6.45) is 5.47. The molecule has 0 bridgehead atoms. The summed E-state index contributed by atoms with van der Waals surface area (Å²) < 4.78 is 7.53. The molecule has 4 heterocycles. The quantitative estimate of drug-likeness (QED) is 0.415. The molecular weight excluding hydrogens is 448 g/mol. The SMILES string of the molecule is Cc1nccn1Cc1ccc(CNC(=O)C2CCN(Cc3nc(-c4cccs4)no3)CC2)cc1. The van der Waals surface area contributed by atoms with Crippen molar-refractivity contribution in [3.05, 3.63) is 77.0 Å². The third-order valence-electron chi connectivity index (χ3n) is 6.29. The van der Waals surface area contributed by atoms with Crippen LogP contribution in [-0.4, -0.2) is 43.6 Å². The van der Waals surface area contributed by atoms with Gasteiger partial charge in [0.1, 0.15) is 5.82 Å². The van der Waals surface area contributed by atoms with Crippen LogP contribution in [0.25, 0.3) is 10.7 Å². The third-order valence-corrected chi connectivity index (χ3v) is 7.16. The fraction of sp³-hybridized carbons (Fsp3) is 0.360. The number of carbonyl (C=O) groups is 1. The van der Waals surface area contributed by atoms with Crippen molar-refractivity contribution >= 4 is 17.2 Å². The van der Waals surface area contributed by atoms with Crippen LogP contribution in [0.1, 0.15) is 35.7 Å². The topological polar surface area (TPSA) is 89.1 Å². The van der Waals surface area contributed by atoms with Crippen LogP contribution in [0.2, 0.25) is 0 Å². The summed E-state index contributed by atoms with van der Waals surface area (Å²) in [5.41, 5.74) is 2.32. The highest BCUT2D eigenvalue weighted by atomic mass is 32.1. The number of carbonyl (C=O) groups excluding carboxylic acids is 1. The standard InChI is InChI=1S/C25H28N6O2S/c1-18-26-10-13-31(18)16-20-6-4-19(5-7-20)15-27-25(32)21-8-11-30(12-9-21)17-23-28-24(29-33-23)22-3-2-14-34-22/h2-7,10,13-14,21H,8-9,11-12,15-17H2,1H3,(H,27,32). The van der Waals surface area contributed by atoms with Crippen molar-refractivity contribution in [1.29, 1.82) is 0 Å². The Bertz CT molecular complexity index is 1210. The molecule has 0 saturated carbocycles. The van der Waals surface area contributed by atoms with Gasteiger partial charge in [0.2, 0.25) is 17.6 Å². The summed E-state index contributed by atoms with van der Waals surface area (Å²) in [5.74, 6) is 2.45. The average Bonchev–Trinajstić information content (AvgIpc) is 3.62. The molecule has 1 fully saturated rings. The lowest BCUT2D eigenvalue weighted by Gasteiger charge is -2.30. The summed E-state index contributed by atoms with van der Waals surface area (Å²) in [6.45, 7) is 5.67. The molecule has 0 radical (unpaired) electrons. The molecule has 0 unspecified atom stereocenters. The molecular formula is C25H28N6O2S. The number of amides is 1. The van der Waals surface area contributed by atoms with Crippen molar-refractivity contribution in [2.24, 2.45) is 5.92 Å². The number of likely N-dealkylation sites (tertiary alicyclic amines) is 1. The molecule has 4 aromatic rings. The maximum absolute atomic E-state index is 12.7. The zero-order valence-electron chi connectivity index (χ0n) is 19.2. The van der Waals surface area contributed by atoms with Gasteiger partial charge >= 0.3 is 0 Å². The minimum absolute atomic E-state index is 0.0455. The van der Waals surface area contributed by atoms with Crippen LogP contribution in [-0.2, 0) is 24.4 Å². The normalized spacial score (nSPS) is 15.0. The van der Waals surface area contributed by atoms with Gasteiger partial charge < -0.3 is 14.4 Å². The maximum atomic E-state index is 12.7. The van der Waals surface area contributed by atoms with E-state index in [1.54, 1.807) is 11.3 Å². The Morgan fingerprint density at radius 2 is 1.94 bits per heavy atom. The number of hydrogen-bond donors (Lipinski definition) is 1. The Morgan fingerprint density at radius 3 is 2.65 bits per heavy atom. The van der Waals surface area contributed by atoms with E-state index in [4.69, 9.17) is 4.52 Å². The smallest absolute Gasteiger partial charge is 0.241 e. The van der Waals surface area contributed by atoms with Crippen molar-refractivity contribution in [3.63, 3.8) is 0 Å². The van der Waals surface area contributed by atoms with E-state index in [-0.39, 0.29) is 11.8 Å². The van der Waals surface area contributed by atoms with E-state index < -0.39 is 0 Å². The Hall–Kier alpha value is -3.30. The molecule has 1 saturated heterocycles. The zero-order valence-corrected chi connectivity index (χ0v) is 20.0. The Kier molecular flexibility index (Phi) is 6.82. The zero-order chi connectivity index (χ0) is 23.3. The number of aromatic nitrogens is 4. The summed E-state index contributed by atoms with van der Waals surface area (Å²) in [4.78, 5) is 24.8. The highest BCUT2D eigenvalue weighted by Gasteiger charge is 2.26. The van der Waals surface area contributed by atoms with Crippen molar-refractivity contribution in [2.75, 3.05) is 13.1 Å². The molecule has 34 heavy (non-hydrogen) atoms. The molecule has 9 heteroatoms. The van der Waals surface area contributed by atoms with Gasteiger partial charge in [-0.3, -0.25) is 9.69 Å². The molecule has 0 spiro atoms. The van der Waals surface area contributed by atoms with Gasteiger partial charge in [0.15, 0.2) is 0 Å². The van der Waals surface area contributed by atoms with Gasteiger partial charge in [0.05, 0.1) is 11.4 Å². The summed E-state index contributed by atoms with van der Waals surface area (Å²) in [7, 11) is 0. The summed E-state index contributed by atoms with van der Waals surface area (Å²) in [5, 5.41) is 9.19. The van der Waals surface area contributed by atoms with Crippen molar-refractivity contribution in [2.45, 2.75) is 39.4 Å². The fourth-order valence-electron chi connectivity index (χ4n) is 4.23. The average molecular weight is 477 g/mol. The van der Waals surface area contributed by atoms with Crippen LogP contribution < -0.4 is 5.32 Å². The van der Waals surface area contributed by atoms with Crippen molar-refractivity contribution in [3.8, 4) is 10.7 Å². The minimum Gasteiger partial charge on any atom is -0.352 e. The van der Waals surface area contributed by atoms with Crippen LogP contribution in [0.4, 0.5) is 0 Å². The van der Waals surface area contributed by atoms with E-state index in [0.717, 1.165) is 48.7 Å². The van der Waals surface area contributed by atoms with E-state index in [1.807, 2.05) is 36.8 Å². The van der Waals surface area contributed by atoms with Gasteiger partial charge in [-0.05, 0) is 55.4 Å². The number of aryl methyl sites for hydroxylation is 1. The fourth-order valence-corrected chi connectivity index (χ4v) is 4.88. The first-order valence-electron chi connectivity index (χ1n) is 11.6. The second-order valence-electron chi connectivity index (χ2n) is 8.68. The van der Waals surface area contributed by atoms with Gasteiger partial charge in [0, 0.05) is 31.4 Å². The van der Waals surface area contributed by atoms with Gasteiger partial charge in [-0.1, -0.05) is 35.5 Å². The maximum Gasteiger partial charge on any atom is 0.241 e. The van der Waals surface area contributed by atoms with E-state index in [2.05, 4.69) is 54.2 Å². The Labute approximate surface area is 202 Å². The predicted octanol–water partition coefficient (Wildman–Crippen LogP) is 3.88. The highest BCUT2D eigenvalue weighted by Crippen LogP contribution is 2.23. The van der Waals surface area contributed by atoms with Crippen LogP contribution in [0, 0.1) is 12.8 Å². The Balaban J connectivity index is 1.05. The molecule has 0 aliphatic carbocycles. The molecule has 1 N–H and O–H groups in total. The first-order valence-corrected chi connectivity index (χ1v) is 12.4. The first kappa shape index (κ1) is 22.5. The van der Waals surface area contributed by atoms with Crippen LogP contribution in [0.5, 0.6) is 0 Å². The Morgan fingerprint density at radius 1 is 1.15 bits per heavy atom. The number of nitrogens with one attached hydrogen (secondary N) is 1. The molecule has 1 amide bonds. The molecule has 0 atom stereocenters. The summed E-state index contributed by atoms with van der Waals surface area (Å²) >= 11 is 1.60. The molecule has 1 aliphatic rings. The number of thiophene rings is 1. The largest absolute Gasteiger partial charge is 0.352 e. The summed E-state index contributed by atoms with van der Waals surface area (Å²) in [6, 6.07) is 12.4. The predicted molar refractivity (Wildman–Crippen MR) is 130 cm³/mol. The van der Waals surface area contributed by atoms with Crippen LogP contribution in [0.3, 0.4) is 0 Å². The van der Waals surface area contributed by atoms with E-state index in [9.17, 15) is 4.79 Å². The van der Waals surface area contributed by atoms with Crippen molar-refractivity contribution in [1.82, 2.24) is 29.9 Å². The lowest BCUT2D eigenvalue weighted by Crippen LogP contribution is -2.40. The van der Waals surface area contributed by atoms with Crippen molar-refractivity contribution < 1.29 is 9.32 Å². The molecule has 8 nitrogen and oxygen atoms in total. The number of nitrogens with zero attached hydrogens (tertiary/aromatic N) is 5. The molecule has 3 aromatic heterocycles. The van der Waals surface area contributed by atoms with Gasteiger partial charge in [-0.25, -0.2) is 4.98 Å². The molecule has 1 aromatic carbocycles. The number of imidazole rings is 1. The molecule has 176 valence electrons. The van der Waals surface area contributed by atoms with E-state index >= 15 is 0 Å². The minimum atomic E-state index is 0.0455. The third kappa shape index (κ3) is 5.43. The number of benzene rings is 1. The number of rotatable bonds is 8. The van der Waals surface area contributed by atoms with Gasteiger partial charge in [-0.2, -0.15) is 4.98 Å². The highest BCUT2D eigenvalue weighted by molar-refractivity contribution is 7.13. The lowest BCUT2D eigenvalue weighted by atomic mass is 9.96.